The van der Waals surface area contributed by atoms with Gasteiger partial charge in [-0.3, -0.25) is 19.2 Å². The van der Waals surface area contributed by atoms with Crippen LogP contribution in [0, 0.1) is 11.3 Å². The molecular formula is C37H35N5O6S2. The van der Waals surface area contributed by atoms with E-state index in [1.165, 1.54) is 50.3 Å². The number of nitriles is 1. The Morgan fingerprint density at radius 1 is 1.00 bits per heavy atom. The number of amides is 4. The molecule has 13 heteroatoms. The molecule has 3 N–H and O–H groups in total. The fourth-order valence-corrected chi connectivity index (χ4v) is 7.39. The van der Waals surface area contributed by atoms with E-state index in [0.717, 1.165) is 10.4 Å². The highest BCUT2D eigenvalue weighted by molar-refractivity contribution is 8.00. The summed E-state index contributed by atoms with van der Waals surface area (Å²) < 4.78 is 10.8. The number of anilines is 2. The average Bonchev–Trinajstić information content (AvgIpc) is 3.47. The van der Waals surface area contributed by atoms with Crippen molar-refractivity contribution in [1.82, 2.24) is 10.2 Å². The monoisotopic (exact) mass is 709 g/mol. The lowest BCUT2D eigenvalue weighted by Gasteiger charge is -2.25. The van der Waals surface area contributed by atoms with Gasteiger partial charge in [-0.2, -0.15) is 5.26 Å². The molecule has 1 atom stereocenters. The van der Waals surface area contributed by atoms with Crippen LogP contribution in [0.4, 0.5) is 10.7 Å². The Bertz CT molecular complexity index is 2000. The van der Waals surface area contributed by atoms with E-state index in [4.69, 9.17) is 9.47 Å². The lowest BCUT2D eigenvalue weighted by Crippen LogP contribution is -2.33. The van der Waals surface area contributed by atoms with Gasteiger partial charge in [-0.25, -0.2) is 0 Å². The maximum Gasteiger partial charge on any atom is 0.272 e. The number of methoxy groups -OCH3 is 2. The number of carbonyl (C=O) groups excluding carboxylic acids is 4. The number of hydrogen-bond acceptors (Lipinski definition) is 9. The van der Waals surface area contributed by atoms with E-state index in [9.17, 15) is 24.4 Å². The Morgan fingerprint density at radius 2 is 1.78 bits per heavy atom. The third kappa shape index (κ3) is 8.52. The second-order valence-electron chi connectivity index (χ2n) is 11.2. The van der Waals surface area contributed by atoms with Gasteiger partial charge in [0.2, 0.25) is 11.8 Å². The molecule has 1 aromatic heterocycles. The first-order chi connectivity index (χ1) is 24.1. The van der Waals surface area contributed by atoms with Crippen LogP contribution in [-0.2, 0) is 27.3 Å². The molecule has 0 radical (unpaired) electrons. The molecule has 1 unspecified atom stereocenters. The van der Waals surface area contributed by atoms with Crippen molar-refractivity contribution in [3.05, 3.63) is 106 Å². The summed E-state index contributed by atoms with van der Waals surface area (Å²) in [7, 11) is 3.03. The molecule has 4 aromatic rings. The molecule has 0 spiro atoms. The van der Waals surface area contributed by atoms with E-state index in [1.807, 2.05) is 6.07 Å². The van der Waals surface area contributed by atoms with Crippen LogP contribution in [0.3, 0.4) is 0 Å². The maximum atomic E-state index is 13.7. The average molecular weight is 710 g/mol. The largest absolute Gasteiger partial charge is 0.497 e. The summed E-state index contributed by atoms with van der Waals surface area (Å²) in [4.78, 5) is 55.3. The van der Waals surface area contributed by atoms with Crippen molar-refractivity contribution in [2.24, 2.45) is 0 Å². The van der Waals surface area contributed by atoms with Crippen LogP contribution in [0.25, 0.3) is 6.08 Å². The van der Waals surface area contributed by atoms with Gasteiger partial charge in [-0.1, -0.05) is 24.3 Å². The van der Waals surface area contributed by atoms with Gasteiger partial charge in [0.25, 0.3) is 11.8 Å². The smallest absolute Gasteiger partial charge is 0.272 e. The Labute approximate surface area is 298 Å². The summed E-state index contributed by atoms with van der Waals surface area (Å²) in [5.74, 6) is -0.363. The van der Waals surface area contributed by atoms with E-state index < -0.39 is 17.1 Å². The molecule has 4 amide bonds. The van der Waals surface area contributed by atoms with Gasteiger partial charge in [-0.15, -0.1) is 23.1 Å². The van der Waals surface area contributed by atoms with Crippen LogP contribution in [0.15, 0.2) is 83.4 Å². The predicted octanol–water partition coefficient (Wildman–Crippen LogP) is 6.07. The predicted molar refractivity (Wildman–Crippen MR) is 194 cm³/mol. The molecule has 3 aromatic carbocycles. The number of benzene rings is 3. The third-order valence-electron chi connectivity index (χ3n) is 7.89. The van der Waals surface area contributed by atoms with Crippen molar-refractivity contribution in [1.29, 1.82) is 5.26 Å². The standard InChI is InChI=1S/C37H35N5O6S2/c1-22(34(44)41-37-30(20-38)29-15-16-42(23(2)43)21-33(29)50-37)49-28-12-8-11-26(19-28)39-36(46)31(40-35(45)24-9-6-5-7-10-24)18-25-17-27(47-3)13-14-32(25)48-4/h5-14,17-19,22H,15-16,21H2,1-4H3,(H,39,46)(H,40,45)(H,41,44)/b31-18+. The fraction of sp³-hybridized carbons (Fsp3) is 0.216. The van der Waals surface area contributed by atoms with Gasteiger partial charge in [0.1, 0.15) is 28.3 Å². The third-order valence-corrected chi connectivity index (χ3v) is 10.1. The van der Waals surface area contributed by atoms with Crippen molar-refractivity contribution < 1.29 is 28.7 Å². The van der Waals surface area contributed by atoms with Crippen molar-refractivity contribution >= 4 is 63.5 Å². The van der Waals surface area contributed by atoms with Gasteiger partial charge in [0, 0.05) is 40.1 Å². The van der Waals surface area contributed by atoms with Gasteiger partial charge in [-0.05, 0) is 73.5 Å². The Kier molecular flexibility index (Phi) is 11.6. The topological polar surface area (TPSA) is 150 Å². The lowest BCUT2D eigenvalue weighted by molar-refractivity contribution is -0.129. The number of nitrogens with one attached hydrogen (secondary N) is 3. The molecule has 2 heterocycles. The van der Waals surface area contributed by atoms with E-state index in [0.29, 0.717) is 63.3 Å². The van der Waals surface area contributed by atoms with Crippen LogP contribution in [-0.4, -0.2) is 54.5 Å². The number of thioether (sulfide) groups is 1. The lowest BCUT2D eigenvalue weighted by atomic mass is 10.0. The summed E-state index contributed by atoms with van der Waals surface area (Å²) in [6.45, 7) is 4.23. The van der Waals surface area contributed by atoms with Gasteiger partial charge in [0.05, 0.1) is 31.6 Å². The fourth-order valence-electron chi connectivity index (χ4n) is 5.25. The van der Waals surface area contributed by atoms with Crippen molar-refractivity contribution in [2.75, 3.05) is 31.4 Å². The van der Waals surface area contributed by atoms with E-state index in [-0.39, 0.29) is 17.5 Å². The van der Waals surface area contributed by atoms with Crippen LogP contribution in [0.1, 0.15) is 45.8 Å². The van der Waals surface area contributed by atoms with E-state index >= 15 is 0 Å². The Balaban J connectivity index is 1.32. The molecule has 1 aliphatic rings. The highest BCUT2D eigenvalue weighted by Crippen LogP contribution is 2.37. The van der Waals surface area contributed by atoms with Gasteiger partial charge < -0.3 is 30.3 Å². The second-order valence-corrected chi connectivity index (χ2v) is 13.7. The highest BCUT2D eigenvalue weighted by atomic mass is 32.2. The number of hydrogen-bond donors (Lipinski definition) is 3. The van der Waals surface area contributed by atoms with E-state index in [2.05, 4.69) is 22.0 Å². The number of nitrogens with zero attached hydrogens (tertiary/aromatic N) is 2. The summed E-state index contributed by atoms with van der Waals surface area (Å²) in [5, 5.41) is 18.3. The van der Waals surface area contributed by atoms with Crippen LogP contribution >= 0.6 is 23.1 Å². The van der Waals surface area contributed by atoms with Crippen LogP contribution in [0.2, 0.25) is 0 Å². The number of thiophene rings is 1. The summed E-state index contributed by atoms with van der Waals surface area (Å²) in [5.41, 5.74) is 2.62. The zero-order chi connectivity index (χ0) is 35.8. The maximum absolute atomic E-state index is 13.7. The molecule has 0 saturated carbocycles. The first-order valence-corrected chi connectivity index (χ1v) is 17.3. The summed E-state index contributed by atoms with van der Waals surface area (Å²) >= 11 is 2.61. The Hall–Kier alpha value is -5.58. The first-order valence-electron chi connectivity index (χ1n) is 15.6. The number of ether oxygens (including phenoxy) is 2. The zero-order valence-corrected chi connectivity index (χ0v) is 29.5. The number of carbonyl (C=O) groups is 4. The SMILES string of the molecule is COc1ccc(OC)c(/C=C(/NC(=O)c2ccccc2)C(=O)Nc2cccc(SC(C)C(=O)Nc3sc4c(c3C#N)CCN(C(C)=O)C4)c2)c1. The molecule has 0 saturated heterocycles. The molecule has 0 bridgehead atoms. The quantitative estimate of drug-likeness (QED) is 0.126. The first kappa shape index (κ1) is 35.7. The number of fused-ring (bicyclic) bond motifs is 1. The van der Waals surface area contributed by atoms with Crippen molar-refractivity contribution in [3.8, 4) is 17.6 Å². The normalized spacial score (nSPS) is 12.9. The molecule has 11 nitrogen and oxygen atoms in total. The van der Waals surface area contributed by atoms with Crippen LogP contribution in [0.5, 0.6) is 11.5 Å². The summed E-state index contributed by atoms with van der Waals surface area (Å²) in [6, 6.07) is 22.9. The minimum Gasteiger partial charge on any atom is -0.497 e. The molecule has 0 fully saturated rings. The number of rotatable bonds is 11. The second kappa shape index (κ2) is 16.2. The minimum absolute atomic E-state index is 0.0298. The highest BCUT2D eigenvalue weighted by Gasteiger charge is 2.27. The zero-order valence-electron chi connectivity index (χ0n) is 27.9. The molecule has 1 aliphatic heterocycles. The molecule has 50 heavy (non-hydrogen) atoms. The molecule has 256 valence electrons. The molecule has 0 aliphatic carbocycles. The molecule has 5 rings (SSSR count). The van der Waals surface area contributed by atoms with Crippen molar-refractivity contribution in [2.45, 2.75) is 37.0 Å². The van der Waals surface area contributed by atoms with Gasteiger partial charge >= 0.3 is 0 Å². The summed E-state index contributed by atoms with van der Waals surface area (Å²) in [6.07, 6.45) is 2.07. The van der Waals surface area contributed by atoms with Gasteiger partial charge in [0.15, 0.2) is 0 Å². The molecular weight excluding hydrogens is 675 g/mol. The minimum atomic E-state index is -0.582. The van der Waals surface area contributed by atoms with Crippen LogP contribution < -0.4 is 25.4 Å². The van der Waals surface area contributed by atoms with Crippen molar-refractivity contribution in [3.63, 3.8) is 0 Å². The van der Waals surface area contributed by atoms with E-state index in [1.54, 1.807) is 78.6 Å². The Morgan fingerprint density at radius 3 is 2.48 bits per heavy atom.